The predicted molar refractivity (Wildman–Crippen MR) is 141 cm³/mol. The summed E-state index contributed by atoms with van der Waals surface area (Å²) in [7, 11) is 1.57. The highest BCUT2D eigenvalue weighted by molar-refractivity contribution is 7.24. The average Bonchev–Trinajstić information content (AvgIpc) is 3.36. The van der Waals surface area contributed by atoms with Gasteiger partial charge in [0.2, 0.25) is 5.95 Å². The van der Waals surface area contributed by atoms with E-state index in [0.29, 0.717) is 12.0 Å². The van der Waals surface area contributed by atoms with Crippen LogP contribution in [-0.2, 0) is 4.84 Å². The van der Waals surface area contributed by atoms with Gasteiger partial charge in [-0.1, -0.05) is 5.16 Å². The van der Waals surface area contributed by atoms with Crippen molar-refractivity contribution in [3.63, 3.8) is 0 Å². The van der Waals surface area contributed by atoms with E-state index < -0.39 is 0 Å². The van der Waals surface area contributed by atoms with E-state index in [4.69, 9.17) is 9.82 Å². The quantitative estimate of drug-likeness (QED) is 0.316. The van der Waals surface area contributed by atoms with Gasteiger partial charge in [0.15, 0.2) is 0 Å². The van der Waals surface area contributed by atoms with Crippen LogP contribution in [0.25, 0.3) is 20.3 Å². The fourth-order valence-electron chi connectivity index (χ4n) is 4.81. The third kappa shape index (κ3) is 5.62. The van der Waals surface area contributed by atoms with Gasteiger partial charge in [0, 0.05) is 33.1 Å². The standard InChI is InChI=1S/C25H33N5OS2/c1-15-14-26-23(27-17-12-24(3,4)30-25(5,6)13-17)28-22(15)21-11-10-20(33-21)19-9-8-18(32-19)16(2)29-31-7/h8-11,14,17,30H,12-13H2,1-7H3,(H,26,27,28). The molecule has 3 aromatic heterocycles. The van der Waals surface area contributed by atoms with Crippen molar-refractivity contribution in [1.82, 2.24) is 15.3 Å². The highest BCUT2D eigenvalue weighted by atomic mass is 32.1. The Kier molecular flexibility index (Phi) is 6.62. The predicted octanol–water partition coefficient (Wildman–Crippen LogP) is 6.33. The Morgan fingerprint density at radius 1 is 1.06 bits per heavy atom. The summed E-state index contributed by atoms with van der Waals surface area (Å²) in [6.07, 6.45) is 3.98. The first-order valence-electron chi connectivity index (χ1n) is 11.2. The lowest BCUT2D eigenvalue weighted by Crippen LogP contribution is -2.60. The molecule has 0 aromatic carbocycles. The number of aryl methyl sites for hydroxylation is 1. The Morgan fingerprint density at radius 2 is 1.70 bits per heavy atom. The molecule has 0 saturated carbocycles. The van der Waals surface area contributed by atoms with E-state index in [9.17, 15) is 0 Å². The zero-order chi connectivity index (χ0) is 23.8. The second kappa shape index (κ2) is 9.16. The van der Waals surface area contributed by atoms with Gasteiger partial charge in [0.1, 0.15) is 7.11 Å². The van der Waals surface area contributed by atoms with Crippen molar-refractivity contribution in [3.05, 3.63) is 40.9 Å². The second-order valence-corrected chi connectivity index (χ2v) is 12.2. The third-order valence-corrected chi connectivity index (χ3v) is 8.25. The second-order valence-electron chi connectivity index (χ2n) is 10.1. The summed E-state index contributed by atoms with van der Waals surface area (Å²) in [4.78, 5) is 19.1. The van der Waals surface area contributed by atoms with Crippen molar-refractivity contribution >= 4 is 34.3 Å². The van der Waals surface area contributed by atoms with Gasteiger partial charge < -0.3 is 15.5 Å². The van der Waals surface area contributed by atoms with E-state index in [-0.39, 0.29) is 11.1 Å². The molecule has 0 atom stereocenters. The Hall–Kier alpha value is -2.29. The molecule has 4 heterocycles. The lowest BCUT2D eigenvalue weighted by Gasteiger charge is -2.46. The van der Waals surface area contributed by atoms with Gasteiger partial charge in [-0.15, -0.1) is 22.7 Å². The summed E-state index contributed by atoms with van der Waals surface area (Å²) in [6.45, 7) is 13.1. The van der Waals surface area contributed by atoms with Gasteiger partial charge in [0.05, 0.1) is 21.2 Å². The van der Waals surface area contributed by atoms with E-state index in [1.807, 2.05) is 13.1 Å². The molecule has 176 valence electrons. The molecule has 0 spiro atoms. The number of rotatable bonds is 6. The molecule has 1 aliphatic rings. The highest BCUT2D eigenvalue weighted by Crippen LogP contribution is 2.38. The van der Waals surface area contributed by atoms with Crippen LogP contribution in [0.4, 0.5) is 5.95 Å². The van der Waals surface area contributed by atoms with Crippen molar-refractivity contribution in [1.29, 1.82) is 0 Å². The zero-order valence-corrected chi connectivity index (χ0v) is 22.1. The molecule has 4 rings (SSSR count). The van der Waals surface area contributed by atoms with Crippen LogP contribution in [0.1, 0.15) is 57.9 Å². The molecule has 1 fully saturated rings. The Morgan fingerprint density at radius 3 is 2.39 bits per heavy atom. The summed E-state index contributed by atoms with van der Waals surface area (Å²) in [6, 6.07) is 8.89. The smallest absolute Gasteiger partial charge is 0.223 e. The number of piperidine rings is 1. The number of aromatic nitrogens is 2. The molecule has 0 unspecified atom stereocenters. The zero-order valence-electron chi connectivity index (χ0n) is 20.4. The molecule has 2 N–H and O–H groups in total. The van der Waals surface area contributed by atoms with Crippen LogP contribution in [0, 0.1) is 6.92 Å². The third-order valence-electron chi connectivity index (χ3n) is 5.77. The van der Waals surface area contributed by atoms with Gasteiger partial charge >= 0.3 is 0 Å². The van der Waals surface area contributed by atoms with Crippen LogP contribution in [0.15, 0.2) is 35.6 Å². The van der Waals surface area contributed by atoms with Gasteiger partial charge in [-0.2, -0.15) is 0 Å². The highest BCUT2D eigenvalue weighted by Gasteiger charge is 2.37. The van der Waals surface area contributed by atoms with Crippen molar-refractivity contribution in [3.8, 4) is 20.3 Å². The number of nitrogens with one attached hydrogen (secondary N) is 2. The van der Waals surface area contributed by atoms with Crippen LogP contribution in [-0.4, -0.2) is 39.9 Å². The molecule has 8 heteroatoms. The van der Waals surface area contributed by atoms with Gasteiger partial charge in [-0.05, 0) is 84.2 Å². The van der Waals surface area contributed by atoms with Gasteiger partial charge in [-0.25, -0.2) is 9.97 Å². The molecular formula is C25H33N5OS2. The Bertz CT molecular complexity index is 1150. The van der Waals surface area contributed by atoms with Crippen LogP contribution in [0.2, 0.25) is 0 Å². The summed E-state index contributed by atoms with van der Waals surface area (Å²) < 4.78 is 0. The Labute approximate surface area is 204 Å². The first-order valence-corrected chi connectivity index (χ1v) is 12.9. The van der Waals surface area contributed by atoms with E-state index >= 15 is 0 Å². The fraction of sp³-hybridized carbons (Fsp3) is 0.480. The summed E-state index contributed by atoms with van der Waals surface area (Å²) >= 11 is 3.48. The normalized spacial score (nSPS) is 18.3. The molecule has 0 amide bonds. The first kappa shape index (κ1) is 23.9. The van der Waals surface area contributed by atoms with E-state index in [1.54, 1.807) is 29.8 Å². The molecule has 0 bridgehead atoms. The van der Waals surface area contributed by atoms with Crippen molar-refractivity contribution in [2.75, 3.05) is 12.4 Å². The van der Waals surface area contributed by atoms with Crippen molar-refractivity contribution in [2.45, 2.75) is 71.5 Å². The average molecular weight is 484 g/mol. The van der Waals surface area contributed by atoms with Crippen molar-refractivity contribution in [2.24, 2.45) is 5.16 Å². The number of nitrogens with zero attached hydrogens (tertiary/aromatic N) is 3. The van der Waals surface area contributed by atoms with Gasteiger partial charge in [-0.3, -0.25) is 0 Å². The minimum Gasteiger partial charge on any atom is -0.399 e. The molecule has 6 nitrogen and oxygen atoms in total. The lowest BCUT2D eigenvalue weighted by molar-refractivity contribution is 0.170. The minimum absolute atomic E-state index is 0.0709. The summed E-state index contributed by atoms with van der Waals surface area (Å²) in [5, 5.41) is 11.4. The molecule has 1 aliphatic heterocycles. The van der Waals surface area contributed by atoms with E-state index in [1.165, 1.54) is 9.75 Å². The van der Waals surface area contributed by atoms with Crippen LogP contribution in [0.3, 0.4) is 0 Å². The van der Waals surface area contributed by atoms with E-state index in [0.717, 1.165) is 39.6 Å². The summed E-state index contributed by atoms with van der Waals surface area (Å²) in [5.41, 5.74) is 3.10. The van der Waals surface area contributed by atoms with Crippen LogP contribution >= 0.6 is 22.7 Å². The molecular weight excluding hydrogens is 450 g/mol. The SMILES string of the molecule is CON=C(C)c1ccc(-c2ccc(-c3nc(NC4CC(C)(C)NC(C)(C)C4)ncc3C)s2)s1. The van der Waals surface area contributed by atoms with Gasteiger partial charge in [0.25, 0.3) is 0 Å². The fourth-order valence-corrected chi connectivity index (χ4v) is 6.91. The lowest BCUT2D eigenvalue weighted by atomic mass is 9.80. The van der Waals surface area contributed by atoms with Crippen LogP contribution < -0.4 is 10.6 Å². The largest absolute Gasteiger partial charge is 0.399 e. The maximum atomic E-state index is 4.93. The maximum absolute atomic E-state index is 4.93. The Balaban J connectivity index is 1.56. The number of hydrogen-bond donors (Lipinski definition) is 2. The molecule has 33 heavy (non-hydrogen) atoms. The number of oxime groups is 1. The molecule has 1 saturated heterocycles. The maximum Gasteiger partial charge on any atom is 0.223 e. The van der Waals surface area contributed by atoms with E-state index in [2.05, 4.69) is 79.7 Å². The minimum atomic E-state index is 0.0709. The topological polar surface area (TPSA) is 71.4 Å². The molecule has 0 aliphatic carbocycles. The van der Waals surface area contributed by atoms with Crippen molar-refractivity contribution < 1.29 is 4.84 Å². The molecule has 3 aromatic rings. The molecule has 0 radical (unpaired) electrons. The summed E-state index contributed by atoms with van der Waals surface area (Å²) in [5.74, 6) is 0.703. The number of thiophene rings is 2. The van der Waals surface area contributed by atoms with Crippen LogP contribution in [0.5, 0.6) is 0 Å². The number of anilines is 1. The first-order chi connectivity index (χ1) is 15.5. The monoisotopic (exact) mass is 483 g/mol. The number of hydrogen-bond acceptors (Lipinski definition) is 8.